The Morgan fingerprint density at radius 1 is 1.26 bits per heavy atom. The third kappa shape index (κ3) is 4.22. The highest BCUT2D eigenvalue weighted by Gasteiger charge is 2.50. The Kier molecular flexibility index (Phi) is 6.19. The summed E-state index contributed by atoms with van der Waals surface area (Å²) in [4.78, 5) is 16.8. The minimum Gasteiger partial charge on any atom is -0.491 e. The molecule has 3 fully saturated rings. The Hall–Kier alpha value is -3.19. The van der Waals surface area contributed by atoms with E-state index in [2.05, 4.69) is 19.9 Å². The Balaban J connectivity index is 1.43. The SMILES string of the molecule is Cc1cc(N)nc(-c2c(Cl)c3c4c(nc(OC[C@@]56CCCN5C[C@H](F)C6)nc4c2F)N(C)C2CC2CO3)c1C(F)(F)F. The van der Waals surface area contributed by atoms with Crippen molar-refractivity contribution in [3.8, 4) is 23.0 Å². The Labute approximate surface area is 242 Å². The van der Waals surface area contributed by atoms with Gasteiger partial charge in [0.1, 0.15) is 29.9 Å². The van der Waals surface area contributed by atoms with Gasteiger partial charge >= 0.3 is 12.2 Å². The van der Waals surface area contributed by atoms with Crippen molar-refractivity contribution in [1.82, 2.24) is 19.9 Å². The average Bonchev–Trinajstić information content (AvgIpc) is 3.46. The van der Waals surface area contributed by atoms with Gasteiger partial charge in [-0.15, -0.1) is 0 Å². The third-order valence-corrected chi connectivity index (χ3v) is 9.45. The summed E-state index contributed by atoms with van der Waals surface area (Å²) >= 11 is 6.70. The highest BCUT2D eigenvalue weighted by Crippen LogP contribution is 2.52. The zero-order valence-electron chi connectivity index (χ0n) is 22.9. The first kappa shape index (κ1) is 27.6. The molecule has 8 nitrogen and oxygen atoms in total. The Morgan fingerprint density at radius 2 is 2.05 bits per heavy atom. The van der Waals surface area contributed by atoms with Gasteiger partial charge in [-0.25, -0.2) is 13.8 Å². The molecule has 1 aliphatic carbocycles. The van der Waals surface area contributed by atoms with E-state index in [9.17, 15) is 17.6 Å². The number of aryl methyl sites for hydroxylation is 1. The average molecular weight is 611 g/mol. The number of fused-ring (bicyclic) bond motifs is 2. The number of nitrogen functional groups attached to an aromatic ring is 1. The first-order chi connectivity index (χ1) is 19.9. The van der Waals surface area contributed by atoms with Gasteiger partial charge in [0.05, 0.1) is 39.4 Å². The van der Waals surface area contributed by atoms with Crippen LogP contribution in [0.2, 0.25) is 5.02 Å². The fraction of sp³-hybridized carbons (Fsp3) is 0.536. The molecule has 0 spiro atoms. The molecule has 14 heteroatoms. The van der Waals surface area contributed by atoms with Crippen molar-refractivity contribution in [3.63, 3.8) is 0 Å². The maximum Gasteiger partial charge on any atom is 0.418 e. The first-order valence-corrected chi connectivity index (χ1v) is 14.2. The van der Waals surface area contributed by atoms with Crippen LogP contribution in [0.1, 0.15) is 36.8 Å². The molecule has 3 aliphatic heterocycles. The molecule has 4 atom stereocenters. The number of hydrogen-bond acceptors (Lipinski definition) is 8. The molecule has 224 valence electrons. The number of halogens is 6. The number of alkyl halides is 4. The van der Waals surface area contributed by atoms with Crippen LogP contribution in [0.4, 0.5) is 33.6 Å². The Bertz CT molecular complexity index is 1620. The number of ether oxygens (including phenoxy) is 2. The van der Waals surface area contributed by atoms with Crippen LogP contribution in [0, 0.1) is 18.7 Å². The lowest BCUT2D eigenvalue weighted by atomic mass is 9.95. The van der Waals surface area contributed by atoms with Crippen molar-refractivity contribution in [1.29, 1.82) is 0 Å². The van der Waals surface area contributed by atoms with E-state index >= 15 is 4.39 Å². The van der Waals surface area contributed by atoms with Crippen LogP contribution in [-0.4, -0.2) is 71.0 Å². The number of nitrogens with zero attached hydrogens (tertiary/aromatic N) is 5. The van der Waals surface area contributed by atoms with E-state index in [-0.39, 0.29) is 70.1 Å². The van der Waals surface area contributed by atoms with Gasteiger partial charge in [-0.05, 0) is 44.4 Å². The summed E-state index contributed by atoms with van der Waals surface area (Å²) in [6, 6.07) is 0.961. The van der Waals surface area contributed by atoms with Crippen LogP contribution in [0.15, 0.2) is 6.07 Å². The zero-order valence-corrected chi connectivity index (χ0v) is 23.6. The Morgan fingerprint density at radius 3 is 2.81 bits per heavy atom. The van der Waals surface area contributed by atoms with Crippen LogP contribution >= 0.6 is 11.6 Å². The maximum absolute atomic E-state index is 16.6. The second-order valence-corrected chi connectivity index (χ2v) is 12.2. The van der Waals surface area contributed by atoms with Crippen LogP contribution < -0.4 is 20.1 Å². The smallest absolute Gasteiger partial charge is 0.418 e. The molecular formula is C28H28ClF5N6O2. The van der Waals surface area contributed by atoms with Crippen LogP contribution in [0.3, 0.4) is 0 Å². The standard InChI is InChI=1S/C28H28ClF5N6O2/c1-12-6-16(35)36-22(19(12)28(32,33)34)17-20(29)24-18-23(21(17)31)37-26(38-25(18)39(2)15-7-13(15)10-41-24)42-11-27-4-3-5-40(27)9-14(30)8-27/h6,13-15H,3-5,7-11H2,1-2H3,(H2,35,36)/t13?,14-,15?,27+/m1/s1. The predicted octanol–water partition coefficient (Wildman–Crippen LogP) is 5.57. The molecule has 3 aromatic rings. The van der Waals surface area contributed by atoms with Crippen molar-refractivity contribution in [2.24, 2.45) is 5.92 Å². The third-order valence-electron chi connectivity index (χ3n) is 9.09. The molecule has 0 radical (unpaired) electrons. The van der Waals surface area contributed by atoms with Crippen molar-refractivity contribution >= 4 is 34.1 Å². The second-order valence-electron chi connectivity index (χ2n) is 11.8. The van der Waals surface area contributed by atoms with E-state index in [1.807, 2.05) is 4.90 Å². The van der Waals surface area contributed by atoms with Crippen molar-refractivity contribution in [2.75, 3.05) is 44.0 Å². The van der Waals surface area contributed by atoms with Crippen LogP contribution in [-0.2, 0) is 6.18 Å². The highest BCUT2D eigenvalue weighted by atomic mass is 35.5. The van der Waals surface area contributed by atoms with Gasteiger partial charge in [-0.3, -0.25) is 4.90 Å². The minimum absolute atomic E-state index is 0.0338. The summed E-state index contributed by atoms with van der Waals surface area (Å²) in [7, 11) is 1.80. The molecule has 0 amide bonds. The fourth-order valence-corrected chi connectivity index (χ4v) is 7.34. The summed E-state index contributed by atoms with van der Waals surface area (Å²) < 4.78 is 85.9. The molecular weight excluding hydrogens is 583 g/mol. The van der Waals surface area contributed by atoms with Crippen LogP contribution in [0.25, 0.3) is 22.2 Å². The van der Waals surface area contributed by atoms with E-state index in [1.165, 1.54) is 6.92 Å². The predicted molar refractivity (Wildman–Crippen MR) is 146 cm³/mol. The van der Waals surface area contributed by atoms with Gasteiger partial charge in [-0.2, -0.15) is 23.1 Å². The number of pyridine rings is 1. The van der Waals surface area contributed by atoms with Gasteiger partial charge in [0.2, 0.25) is 0 Å². The summed E-state index contributed by atoms with van der Waals surface area (Å²) in [6.45, 7) is 2.62. The monoisotopic (exact) mass is 610 g/mol. The first-order valence-electron chi connectivity index (χ1n) is 13.8. The fourth-order valence-electron chi connectivity index (χ4n) is 7.01. The van der Waals surface area contributed by atoms with Gasteiger partial charge in [-0.1, -0.05) is 11.6 Å². The van der Waals surface area contributed by atoms with E-state index in [1.54, 1.807) is 7.05 Å². The van der Waals surface area contributed by atoms with Crippen molar-refractivity contribution < 1.29 is 31.4 Å². The van der Waals surface area contributed by atoms with E-state index < -0.39 is 40.5 Å². The minimum atomic E-state index is -4.88. The van der Waals surface area contributed by atoms with Gasteiger partial charge in [0, 0.05) is 32.0 Å². The molecule has 0 bridgehead atoms. The summed E-state index contributed by atoms with van der Waals surface area (Å²) in [5.74, 6) is -0.996. The van der Waals surface area contributed by atoms with E-state index in [0.29, 0.717) is 13.0 Å². The lowest BCUT2D eigenvalue weighted by Crippen LogP contribution is -2.43. The summed E-state index contributed by atoms with van der Waals surface area (Å²) in [5.41, 5.74) is 2.22. The molecule has 4 aliphatic rings. The summed E-state index contributed by atoms with van der Waals surface area (Å²) in [6.07, 6.45) is -3.13. The molecule has 1 aromatic carbocycles. The molecule has 1 saturated carbocycles. The number of nitrogens with two attached hydrogens (primary N) is 1. The molecule has 2 unspecified atom stereocenters. The normalized spacial score (nSPS) is 27.0. The number of aromatic nitrogens is 3. The topological polar surface area (TPSA) is 89.6 Å². The van der Waals surface area contributed by atoms with E-state index in [0.717, 1.165) is 31.9 Å². The quantitative estimate of drug-likeness (QED) is 0.384. The van der Waals surface area contributed by atoms with Gasteiger partial charge < -0.3 is 20.1 Å². The number of rotatable bonds is 4. The highest BCUT2D eigenvalue weighted by molar-refractivity contribution is 6.36. The molecule has 2 saturated heterocycles. The van der Waals surface area contributed by atoms with Crippen molar-refractivity contribution in [2.45, 2.75) is 56.5 Å². The zero-order chi connectivity index (χ0) is 29.7. The van der Waals surface area contributed by atoms with Gasteiger partial charge in [0.15, 0.2) is 11.6 Å². The molecule has 7 rings (SSSR count). The van der Waals surface area contributed by atoms with Crippen LogP contribution in [0.5, 0.6) is 11.8 Å². The summed E-state index contributed by atoms with van der Waals surface area (Å²) in [5, 5.41) is -0.254. The molecule has 2 N–H and O–H groups in total. The number of benzene rings is 1. The van der Waals surface area contributed by atoms with Gasteiger partial charge in [0.25, 0.3) is 0 Å². The number of anilines is 2. The lowest BCUT2D eigenvalue weighted by molar-refractivity contribution is -0.137. The number of hydrogen-bond donors (Lipinski definition) is 1. The second kappa shape index (κ2) is 9.40. The lowest BCUT2D eigenvalue weighted by Gasteiger charge is -2.31. The van der Waals surface area contributed by atoms with E-state index in [4.69, 9.17) is 26.8 Å². The molecule has 5 heterocycles. The largest absolute Gasteiger partial charge is 0.491 e. The molecule has 42 heavy (non-hydrogen) atoms. The molecule has 2 aromatic heterocycles. The van der Waals surface area contributed by atoms with Crippen molar-refractivity contribution in [3.05, 3.63) is 28.0 Å². The maximum atomic E-state index is 16.6.